The Morgan fingerprint density at radius 3 is 2.34 bits per heavy atom. The van der Waals surface area contributed by atoms with Crippen LogP contribution in [0.1, 0.15) is 33.1 Å². The van der Waals surface area contributed by atoms with E-state index in [1.54, 1.807) is 29.2 Å². The van der Waals surface area contributed by atoms with Crippen molar-refractivity contribution in [1.29, 1.82) is 0 Å². The lowest BCUT2D eigenvalue weighted by atomic mass is 10.0. The van der Waals surface area contributed by atoms with E-state index >= 15 is 0 Å². The minimum Gasteiger partial charge on any atom is -0.350 e. The van der Waals surface area contributed by atoms with Crippen LogP contribution in [0.15, 0.2) is 78.9 Å². The second-order valence-electron chi connectivity index (χ2n) is 7.07. The molecule has 0 radical (unpaired) electrons. The minimum absolute atomic E-state index is 0.150. The van der Waals surface area contributed by atoms with Crippen LogP contribution in [-0.2, 0) is 17.8 Å². The van der Waals surface area contributed by atoms with Gasteiger partial charge in [-0.3, -0.25) is 9.59 Å². The summed E-state index contributed by atoms with van der Waals surface area (Å²) in [5, 5.41) is 2.96. The molecule has 1 atom stereocenters. The summed E-state index contributed by atoms with van der Waals surface area (Å²) in [7, 11) is 0. The van der Waals surface area contributed by atoms with Gasteiger partial charge < -0.3 is 10.2 Å². The highest BCUT2D eigenvalue weighted by Gasteiger charge is 2.40. The zero-order chi connectivity index (χ0) is 20.2. The van der Waals surface area contributed by atoms with Crippen LogP contribution in [-0.4, -0.2) is 23.3 Å². The van der Waals surface area contributed by atoms with Crippen LogP contribution >= 0.6 is 0 Å². The van der Waals surface area contributed by atoms with Gasteiger partial charge in [-0.15, -0.1) is 0 Å². The fourth-order valence-electron chi connectivity index (χ4n) is 3.67. The van der Waals surface area contributed by atoms with Crippen LogP contribution in [0.4, 0.5) is 4.39 Å². The maximum absolute atomic E-state index is 13.1. The number of amides is 2. The van der Waals surface area contributed by atoms with Crippen molar-refractivity contribution in [2.75, 3.05) is 6.54 Å². The molecule has 1 aliphatic rings. The first-order valence-corrected chi connectivity index (χ1v) is 9.59. The van der Waals surface area contributed by atoms with E-state index in [1.807, 2.05) is 42.5 Å². The SMILES string of the molecule is O=C(NCc1ccccc1)C1c2ccccc2C(=O)N1CCc1ccc(F)cc1. The van der Waals surface area contributed by atoms with Crippen LogP contribution in [0.25, 0.3) is 0 Å². The number of carbonyl (C=O) groups is 2. The molecule has 4 nitrogen and oxygen atoms in total. The van der Waals surface area contributed by atoms with Gasteiger partial charge in [0.2, 0.25) is 5.91 Å². The third kappa shape index (κ3) is 4.04. The summed E-state index contributed by atoms with van der Waals surface area (Å²) >= 11 is 0. The highest BCUT2D eigenvalue weighted by Crippen LogP contribution is 2.33. The standard InChI is InChI=1S/C24H21FN2O2/c25-19-12-10-17(11-13-19)14-15-27-22(20-8-4-5-9-21(20)24(27)29)23(28)26-16-18-6-2-1-3-7-18/h1-13,22H,14-16H2,(H,26,28). The fourth-order valence-corrected chi connectivity index (χ4v) is 3.67. The first-order valence-electron chi connectivity index (χ1n) is 9.59. The number of fused-ring (bicyclic) bond motifs is 1. The molecule has 0 aliphatic carbocycles. The van der Waals surface area contributed by atoms with E-state index in [1.165, 1.54) is 12.1 Å². The van der Waals surface area contributed by atoms with Crippen molar-refractivity contribution in [3.63, 3.8) is 0 Å². The highest BCUT2D eigenvalue weighted by molar-refractivity contribution is 6.04. The van der Waals surface area contributed by atoms with Crippen molar-refractivity contribution in [3.8, 4) is 0 Å². The summed E-state index contributed by atoms with van der Waals surface area (Å²) in [4.78, 5) is 27.6. The molecule has 1 unspecified atom stereocenters. The molecule has 0 bridgehead atoms. The lowest BCUT2D eigenvalue weighted by Gasteiger charge is -2.25. The second kappa shape index (κ2) is 8.27. The lowest BCUT2D eigenvalue weighted by Crippen LogP contribution is -2.39. The van der Waals surface area contributed by atoms with E-state index in [0.717, 1.165) is 16.7 Å². The number of hydrogen-bond acceptors (Lipinski definition) is 2. The normalized spacial score (nSPS) is 15.3. The van der Waals surface area contributed by atoms with E-state index in [9.17, 15) is 14.0 Å². The Kier molecular flexibility index (Phi) is 5.38. The zero-order valence-electron chi connectivity index (χ0n) is 15.8. The largest absolute Gasteiger partial charge is 0.350 e. The molecule has 29 heavy (non-hydrogen) atoms. The van der Waals surface area contributed by atoms with Crippen LogP contribution in [0.3, 0.4) is 0 Å². The van der Waals surface area contributed by atoms with Crippen LogP contribution in [0.2, 0.25) is 0 Å². The molecule has 0 saturated carbocycles. The molecule has 2 amide bonds. The van der Waals surface area contributed by atoms with Crippen molar-refractivity contribution in [1.82, 2.24) is 10.2 Å². The van der Waals surface area contributed by atoms with Crippen molar-refractivity contribution in [2.24, 2.45) is 0 Å². The van der Waals surface area contributed by atoms with Gasteiger partial charge in [0.15, 0.2) is 0 Å². The van der Waals surface area contributed by atoms with Crippen molar-refractivity contribution >= 4 is 11.8 Å². The molecular weight excluding hydrogens is 367 g/mol. The number of nitrogens with one attached hydrogen (secondary N) is 1. The van der Waals surface area contributed by atoms with Crippen LogP contribution in [0.5, 0.6) is 0 Å². The summed E-state index contributed by atoms with van der Waals surface area (Å²) in [6.45, 7) is 0.779. The van der Waals surface area contributed by atoms with Gasteiger partial charge in [0.05, 0.1) is 0 Å². The molecule has 146 valence electrons. The molecule has 4 rings (SSSR count). The maximum atomic E-state index is 13.1. The highest BCUT2D eigenvalue weighted by atomic mass is 19.1. The summed E-state index contributed by atoms with van der Waals surface area (Å²) < 4.78 is 13.1. The summed E-state index contributed by atoms with van der Waals surface area (Å²) in [5.74, 6) is -0.648. The molecule has 0 saturated heterocycles. The van der Waals surface area contributed by atoms with Gasteiger partial charge in [0.1, 0.15) is 11.9 Å². The fraction of sp³-hybridized carbons (Fsp3) is 0.167. The number of nitrogens with zero attached hydrogens (tertiary/aromatic N) is 1. The molecule has 1 heterocycles. The Bertz CT molecular complexity index is 1020. The van der Waals surface area contributed by atoms with Crippen LogP contribution in [0, 0.1) is 5.82 Å². The van der Waals surface area contributed by atoms with E-state index in [-0.39, 0.29) is 17.6 Å². The summed E-state index contributed by atoms with van der Waals surface area (Å²) in [5.41, 5.74) is 3.20. The molecule has 0 spiro atoms. The van der Waals surface area contributed by atoms with Crippen molar-refractivity contribution in [2.45, 2.75) is 19.0 Å². The number of carbonyl (C=O) groups excluding carboxylic acids is 2. The van der Waals surface area contributed by atoms with Crippen molar-refractivity contribution in [3.05, 3.63) is 107 Å². The van der Waals surface area contributed by atoms with Gasteiger partial charge in [-0.25, -0.2) is 4.39 Å². The Labute approximate surface area is 169 Å². The average Bonchev–Trinajstić information content (AvgIpc) is 3.04. The van der Waals surface area contributed by atoms with E-state index in [4.69, 9.17) is 0 Å². The molecule has 0 aromatic heterocycles. The summed E-state index contributed by atoms with van der Waals surface area (Å²) in [6, 6.07) is 22.4. The Hall–Kier alpha value is -3.47. The molecular formula is C24H21FN2O2. The van der Waals surface area contributed by atoms with Gasteiger partial charge >= 0.3 is 0 Å². The van der Waals surface area contributed by atoms with Crippen LogP contribution < -0.4 is 5.32 Å². The molecule has 0 fully saturated rings. The predicted octanol–water partition coefficient (Wildman–Crippen LogP) is 3.88. The number of hydrogen-bond donors (Lipinski definition) is 1. The van der Waals surface area contributed by atoms with Gasteiger partial charge in [-0.2, -0.15) is 0 Å². The topological polar surface area (TPSA) is 49.4 Å². The first kappa shape index (κ1) is 18.9. The molecule has 1 N–H and O–H groups in total. The molecule has 3 aromatic rings. The van der Waals surface area contributed by atoms with Gasteiger partial charge in [-0.1, -0.05) is 60.7 Å². The smallest absolute Gasteiger partial charge is 0.255 e. The third-order valence-corrected chi connectivity index (χ3v) is 5.17. The van der Waals surface area contributed by atoms with E-state index < -0.39 is 6.04 Å². The number of halogens is 1. The molecule has 3 aromatic carbocycles. The Morgan fingerprint density at radius 1 is 0.897 bits per heavy atom. The second-order valence-corrected chi connectivity index (χ2v) is 7.07. The molecule has 1 aliphatic heterocycles. The van der Waals surface area contributed by atoms with E-state index in [2.05, 4.69) is 5.32 Å². The quantitative estimate of drug-likeness (QED) is 0.697. The average molecular weight is 388 g/mol. The number of benzene rings is 3. The first-order chi connectivity index (χ1) is 14.1. The van der Waals surface area contributed by atoms with Crippen molar-refractivity contribution < 1.29 is 14.0 Å². The molecule has 5 heteroatoms. The third-order valence-electron chi connectivity index (χ3n) is 5.17. The Balaban J connectivity index is 1.53. The minimum atomic E-state index is -0.664. The summed E-state index contributed by atoms with van der Waals surface area (Å²) in [6.07, 6.45) is 0.544. The predicted molar refractivity (Wildman–Crippen MR) is 109 cm³/mol. The Morgan fingerprint density at radius 2 is 1.59 bits per heavy atom. The van der Waals surface area contributed by atoms with E-state index in [0.29, 0.717) is 25.1 Å². The monoisotopic (exact) mass is 388 g/mol. The van der Waals surface area contributed by atoms with Gasteiger partial charge in [-0.05, 0) is 41.3 Å². The zero-order valence-corrected chi connectivity index (χ0v) is 15.8. The number of rotatable bonds is 6. The lowest BCUT2D eigenvalue weighted by molar-refractivity contribution is -0.125. The van der Waals surface area contributed by atoms with Gasteiger partial charge in [0.25, 0.3) is 5.91 Å². The van der Waals surface area contributed by atoms with Gasteiger partial charge in [0, 0.05) is 18.7 Å². The maximum Gasteiger partial charge on any atom is 0.255 e.